The maximum absolute atomic E-state index is 6.42. The van der Waals surface area contributed by atoms with Crippen molar-refractivity contribution in [3.8, 4) is 33.4 Å². The zero-order valence-corrected chi connectivity index (χ0v) is 30.6. The molecule has 0 unspecified atom stereocenters. The van der Waals surface area contributed by atoms with Crippen LogP contribution in [-0.4, -0.2) is 0 Å². The molecule has 0 bridgehead atoms. The average molecular weight is 714 g/mol. The van der Waals surface area contributed by atoms with Gasteiger partial charge in [0.05, 0.1) is 0 Å². The Balaban J connectivity index is 1.06. The molecular formula is C54H35NO. The summed E-state index contributed by atoms with van der Waals surface area (Å²) in [6, 6.07) is 76.5. The first kappa shape index (κ1) is 32.0. The fourth-order valence-electron chi connectivity index (χ4n) is 8.63. The number of fused-ring (bicyclic) bond motifs is 7. The molecule has 0 N–H and O–H groups in total. The highest BCUT2D eigenvalue weighted by atomic mass is 16.3. The minimum absolute atomic E-state index is 0.869. The smallest absolute Gasteiger partial charge is 0.137 e. The van der Waals surface area contributed by atoms with Crippen LogP contribution in [0.3, 0.4) is 0 Å². The molecular weight excluding hydrogens is 679 g/mol. The third-order valence-corrected chi connectivity index (χ3v) is 11.3. The highest BCUT2D eigenvalue weighted by Crippen LogP contribution is 2.42. The van der Waals surface area contributed by atoms with Gasteiger partial charge in [-0.1, -0.05) is 164 Å². The second-order valence-corrected chi connectivity index (χ2v) is 14.5. The molecule has 1 heterocycles. The molecule has 0 amide bonds. The van der Waals surface area contributed by atoms with E-state index in [0.717, 1.165) is 44.6 Å². The Morgan fingerprint density at radius 3 is 1.55 bits per heavy atom. The Hall–Kier alpha value is -7.42. The maximum Gasteiger partial charge on any atom is 0.137 e. The summed E-state index contributed by atoms with van der Waals surface area (Å²) in [7, 11) is 0. The molecule has 2 heteroatoms. The van der Waals surface area contributed by atoms with Crippen molar-refractivity contribution in [2.75, 3.05) is 4.90 Å². The zero-order chi connectivity index (χ0) is 37.0. The largest absolute Gasteiger partial charge is 0.456 e. The summed E-state index contributed by atoms with van der Waals surface area (Å²) < 4.78 is 6.42. The summed E-state index contributed by atoms with van der Waals surface area (Å²) in [6.45, 7) is 0. The van der Waals surface area contributed by atoms with Crippen LogP contribution in [0.1, 0.15) is 0 Å². The molecule has 1 aromatic heterocycles. The maximum atomic E-state index is 6.42. The Morgan fingerprint density at radius 1 is 0.268 bits per heavy atom. The summed E-state index contributed by atoms with van der Waals surface area (Å²) >= 11 is 0. The summed E-state index contributed by atoms with van der Waals surface area (Å²) in [4.78, 5) is 2.34. The molecule has 11 rings (SSSR count). The number of nitrogens with zero attached hydrogens (tertiary/aromatic N) is 1. The van der Waals surface area contributed by atoms with Gasteiger partial charge in [-0.25, -0.2) is 0 Å². The van der Waals surface area contributed by atoms with E-state index >= 15 is 0 Å². The molecule has 0 spiro atoms. The van der Waals surface area contributed by atoms with Crippen molar-refractivity contribution in [3.63, 3.8) is 0 Å². The predicted octanol–water partition coefficient (Wildman–Crippen LogP) is 15.5. The fraction of sp³-hybridized carbons (Fsp3) is 0. The molecule has 10 aromatic carbocycles. The van der Waals surface area contributed by atoms with Crippen LogP contribution >= 0.6 is 0 Å². The molecule has 0 aliphatic carbocycles. The van der Waals surface area contributed by atoms with E-state index in [0.29, 0.717) is 0 Å². The molecule has 0 aliphatic heterocycles. The Bertz CT molecular complexity index is 3240. The highest BCUT2D eigenvalue weighted by Gasteiger charge is 2.18. The van der Waals surface area contributed by atoms with Gasteiger partial charge >= 0.3 is 0 Å². The van der Waals surface area contributed by atoms with E-state index < -0.39 is 0 Å². The van der Waals surface area contributed by atoms with E-state index in [1.165, 1.54) is 60.1 Å². The molecule has 0 radical (unpaired) electrons. The Morgan fingerprint density at radius 2 is 0.768 bits per heavy atom. The average Bonchev–Trinajstić information content (AvgIpc) is 3.64. The lowest BCUT2D eigenvalue weighted by Gasteiger charge is -2.26. The lowest BCUT2D eigenvalue weighted by Crippen LogP contribution is -2.10. The van der Waals surface area contributed by atoms with Gasteiger partial charge in [0.25, 0.3) is 0 Å². The third-order valence-electron chi connectivity index (χ3n) is 11.3. The minimum Gasteiger partial charge on any atom is -0.456 e. The molecule has 2 nitrogen and oxygen atoms in total. The molecule has 0 fully saturated rings. The summed E-state index contributed by atoms with van der Waals surface area (Å²) in [5.41, 5.74) is 12.2. The van der Waals surface area contributed by atoms with Gasteiger partial charge in [0.2, 0.25) is 0 Å². The van der Waals surface area contributed by atoms with Gasteiger partial charge < -0.3 is 9.32 Å². The molecule has 0 aliphatic rings. The van der Waals surface area contributed by atoms with Gasteiger partial charge in [0.15, 0.2) is 0 Å². The van der Waals surface area contributed by atoms with Gasteiger partial charge in [-0.3, -0.25) is 0 Å². The lowest BCUT2D eigenvalue weighted by molar-refractivity contribution is 0.669. The van der Waals surface area contributed by atoms with Crippen LogP contribution in [0.5, 0.6) is 0 Å². The number of rotatable bonds is 6. The van der Waals surface area contributed by atoms with E-state index in [2.05, 4.69) is 205 Å². The lowest BCUT2D eigenvalue weighted by atomic mass is 9.91. The first-order valence-electron chi connectivity index (χ1n) is 19.2. The monoisotopic (exact) mass is 713 g/mol. The van der Waals surface area contributed by atoms with E-state index in [1.54, 1.807) is 0 Å². The first-order valence-corrected chi connectivity index (χ1v) is 19.2. The van der Waals surface area contributed by atoms with Crippen molar-refractivity contribution >= 4 is 71.3 Å². The van der Waals surface area contributed by atoms with Crippen molar-refractivity contribution in [3.05, 3.63) is 212 Å². The van der Waals surface area contributed by atoms with Crippen molar-refractivity contribution in [2.24, 2.45) is 0 Å². The SMILES string of the molecule is c1ccc(-c2cccc3c2ccc2c(-c4cccc(N(c5ccc(-c6cccc7ccccc67)cc5)c5ccc6c(c5)oc5ccccc56)c4)cccc23)cc1. The van der Waals surface area contributed by atoms with Gasteiger partial charge in [-0.15, -0.1) is 0 Å². The summed E-state index contributed by atoms with van der Waals surface area (Å²) in [6.07, 6.45) is 0. The molecule has 0 saturated carbocycles. The molecule has 262 valence electrons. The van der Waals surface area contributed by atoms with E-state index in [4.69, 9.17) is 4.42 Å². The normalized spacial score (nSPS) is 11.6. The number of anilines is 3. The first-order chi connectivity index (χ1) is 27.8. The van der Waals surface area contributed by atoms with Crippen molar-refractivity contribution in [2.45, 2.75) is 0 Å². The number of hydrogen-bond donors (Lipinski definition) is 0. The van der Waals surface area contributed by atoms with Crippen molar-refractivity contribution in [1.29, 1.82) is 0 Å². The second-order valence-electron chi connectivity index (χ2n) is 14.5. The van der Waals surface area contributed by atoms with Crippen molar-refractivity contribution in [1.82, 2.24) is 0 Å². The number of para-hydroxylation sites is 1. The second kappa shape index (κ2) is 13.2. The molecule has 0 saturated heterocycles. The van der Waals surface area contributed by atoms with E-state index in [1.807, 2.05) is 12.1 Å². The summed E-state index contributed by atoms with van der Waals surface area (Å²) in [5, 5.41) is 9.73. The van der Waals surface area contributed by atoms with Crippen molar-refractivity contribution < 1.29 is 4.42 Å². The van der Waals surface area contributed by atoms with Gasteiger partial charge in [0, 0.05) is 33.9 Å². The standard InChI is InChI=1S/C54H35NO/c1-2-12-36(13-3-1)45-21-10-23-47-48-24-11-22-46(50(48)33-32-49(45)47)39-16-8-17-41(34-39)55(42-30-31-52-51-19-6-7-25-53(51)56-54(52)35-42)40-28-26-38(27-29-40)44-20-9-15-37-14-4-5-18-43(37)44/h1-35H. The van der Waals surface area contributed by atoms with Gasteiger partial charge in [0.1, 0.15) is 11.2 Å². The Labute approximate surface area is 325 Å². The molecule has 0 atom stereocenters. The number of furan rings is 1. The topological polar surface area (TPSA) is 16.4 Å². The third kappa shape index (κ3) is 5.34. The molecule has 56 heavy (non-hydrogen) atoms. The Kier molecular flexibility index (Phi) is 7.53. The number of benzene rings is 10. The minimum atomic E-state index is 0.869. The predicted molar refractivity (Wildman–Crippen MR) is 237 cm³/mol. The molecule has 11 aromatic rings. The van der Waals surface area contributed by atoms with Crippen LogP contribution in [0.15, 0.2) is 217 Å². The van der Waals surface area contributed by atoms with Crippen LogP contribution in [0.25, 0.3) is 87.6 Å². The van der Waals surface area contributed by atoms with Crippen LogP contribution < -0.4 is 4.90 Å². The van der Waals surface area contributed by atoms with Gasteiger partial charge in [-0.2, -0.15) is 0 Å². The quantitative estimate of drug-likeness (QED) is 0.160. The fourth-order valence-corrected chi connectivity index (χ4v) is 8.63. The van der Waals surface area contributed by atoms with E-state index in [9.17, 15) is 0 Å². The highest BCUT2D eigenvalue weighted by molar-refractivity contribution is 6.15. The van der Waals surface area contributed by atoms with Crippen LogP contribution in [0.4, 0.5) is 17.1 Å². The number of hydrogen-bond acceptors (Lipinski definition) is 2. The van der Waals surface area contributed by atoms with Crippen LogP contribution in [0, 0.1) is 0 Å². The summed E-state index contributed by atoms with van der Waals surface area (Å²) in [5.74, 6) is 0. The van der Waals surface area contributed by atoms with Crippen LogP contribution in [0.2, 0.25) is 0 Å². The zero-order valence-electron chi connectivity index (χ0n) is 30.6. The van der Waals surface area contributed by atoms with Gasteiger partial charge in [-0.05, 0) is 108 Å². The van der Waals surface area contributed by atoms with E-state index in [-0.39, 0.29) is 0 Å². The van der Waals surface area contributed by atoms with Crippen LogP contribution in [-0.2, 0) is 0 Å².